The van der Waals surface area contributed by atoms with Crippen LogP contribution in [0.25, 0.3) is 0 Å². The minimum Gasteiger partial charge on any atom is -0.328 e. The number of hydrogen-bond donors (Lipinski definition) is 0. The summed E-state index contributed by atoms with van der Waals surface area (Å²) in [4.78, 5) is 0. The quantitative estimate of drug-likeness (QED) is 0.633. The number of rotatable bonds is 1. The topological polar surface area (TPSA) is 0 Å². The van der Waals surface area contributed by atoms with Crippen LogP contribution in [0.5, 0.6) is 0 Å². The van der Waals surface area contributed by atoms with Gasteiger partial charge in [0.25, 0.3) is 0 Å². The van der Waals surface area contributed by atoms with Crippen molar-refractivity contribution < 1.29 is 21.1 Å². The van der Waals surface area contributed by atoms with E-state index in [2.05, 4.69) is 12.8 Å². The molecule has 0 spiro atoms. The Morgan fingerprint density at radius 1 is 0.692 bits per heavy atom. The van der Waals surface area contributed by atoms with Gasteiger partial charge >= 0.3 is 21.1 Å². The first-order chi connectivity index (χ1) is 5.97. The first-order valence-corrected chi connectivity index (χ1v) is 5.63. The average molecular weight is 348 g/mol. The second-order valence-corrected chi connectivity index (χ2v) is 4.37. The summed E-state index contributed by atoms with van der Waals surface area (Å²) in [6.07, 6.45) is 16.8. The van der Waals surface area contributed by atoms with E-state index in [1.165, 1.54) is 51.4 Å². The fourth-order valence-electron chi connectivity index (χ4n) is 2.73. The predicted molar refractivity (Wildman–Crippen MR) is 52.5 cm³/mol. The standard InChI is InChI=1S/C12H20.W/c1-3-7-11(8-4-1)12-9-5-2-6-10-12;/h7,9,11-12H,1-6,8,10H2;/q-2;+2. The Kier molecular flexibility index (Phi) is 5.63. The monoisotopic (exact) mass is 348 g/mol. The Balaban J connectivity index is 0.000000845. The molecule has 0 amide bonds. The SMILES string of the molecule is [CH-]1CCCCC1C1[CH-]CCCC1.[W+2]. The molecule has 2 fully saturated rings. The summed E-state index contributed by atoms with van der Waals surface area (Å²) >= 11 is 0. The summed E-state index contributed by atoms with van der Waals surface area (Å²) in [7, 11) is 0. The molecule has 2 atom stereocenters. The minimum atomic E-state index is 0. The largest absolute Gasteiger partial charge is 2.00 e. The summed E-state index contributed by atoms with van der Waals surface area (Å²) in [5.41, 5.74) is 0. The first kappa shape index (κ1) is 11.8. The maximum Gasteiger partial charge on any atom is 2.00 e. The van der Waals surface area contributed by atoms with Crippen LogP contribution in [-0.4, -0.2) is 0 Å². The molecule has 0 radical (unpaired) electrons. The van der Waals surface area contributed by atoms with Crippen molar-refractivity contribution >= 4 is 0 Å². The third-order valence-electron chi connectivity index (χ3n) is 3.47. The van der Waals surface area contributed by atoms with Gasteiger partial charge in [-0.2, -0.15) is 24.7 Å². The Labute approximate surface area is 97.1 Å². The molecule has 2 saturated carbocycles. The Bertz CT molecular complexity index is 105. The molecule has 2 aliphatic rings. The van der Waals surface area contributed by atoms with E-state index in [9.17, 15) is 0 Å². The molecule has 74 valence electrons. The Hall–Kier alpha value is 0.688. The number of hydrogen-bond acceptors (Lipinski definition) is 0. The van der Waals surface area contributed by atoms with Crippen LogP contribution in [0.3, 0.4) is 0 Å². The van der Waals surface area contributed by atoms with Crippen molar-refractivity contribution in [2.45, 2.75) is 51.4 Å². The predicted octanol–water partition coefficient (Wildman–Crippen LogP) is 3.77. The van der Waals surface area contributed by atoms with Gasteiger partial charge in [0.1, 0.15) is 0 Å². The zero-order valence-electron chi connectivity index (χ0n) is 8.37. The van der Waals surface area contributed by atoms with Crippen molar-refractivity contribution in [3.63, 3.8) is 0 Å². The van der Waals surface area contributed by atoms with Crippen LogP contribution in [0, 0.1) is 24.7 Å². The molecule has 0 aliphatic heterocycles. The van der Waals surface area contributed by atoms with E-state index in [0.717, 1.165) is 11.8 Å². The van der Waals surface area contributed by atoms with E-state index in [4.69, 9.17) is 0 Å². The van der Waals surface area contributed by atoms with Crippen LogP contribution in [0.15, 0.2) is 0 Å². The molecule has 13 heavy (non-hydrogen) atoms. The van der Waals surface area contributed by atoms with Gasteiger partial charge in [0.05, 0.1) is 0 Å². The summed E-state index contributed by atoms with van der Waals surface area (Å²) in [6.45, 7) is 0. The van der Waals surface area contributed by atoms with Crippen molar-refractivity contribution in [3.05, 3.63) is 12.8 Å². The van der Waals surface area contributed by atoms with Crippen LogP contribution in [0.1, 0.15) is 51.4 Å². The van der Waals surface area contributed by atoms with Crippen molar-refractivity contribution in [2.24, 2.45) is 11.8 Å². The van der Waals surface area contributed by atoms with Gasteiger partial charge in [-0.25, -0.2) is 0 Å². The van der Waals surface area contributed by atoms with Crippen LogP contribution >= 0.6 is 0 Å². The van der Waals surface area contributed by atoms with Crippen LogP contribution in [0.4, 0.5) is 0 Å². The molecule has 0 nitrogen and oxygen atoms in total. The van der Waals surface area contributed by atoms with Crippen LogP contribution < -0.4 is 0 Å². The molecular formula is C12H20W. The van der Waals surface area contributed by atoms with Crippen LogP contribution in [-0.2, 0) is 21.1 Å². The third kappa shape index (κ3) is 3.39. The van der Waals surface area contributed by atoms with Crippen molar-refractivity contribution in [3.8, 4) is 0 Å². The average Bonchev–Trinajstić information content (AvgIpc) is 2.21. The maximum atomic E-state index is 2.59. The molecule has 0 bridgehead atoms. The molecule has 0 aromatic rings. The fourth-order valence-corrected chi connectivity index (χ4v) is 2.73. The molecule has 1 heteroatoms. The van der Waals surface area contributed by atoms with E-state index >= 15 is 0 Å². The van der Waals surface area contributed by atoms with Gasteiger partial charge in [0, 0.05) is 0 Å². The van der Waals surface area contributed by atoms with Gasteiger partial charge in [-0.1, -0.05) is 38.5 Å². The van der Waals surface area contributed by atoms with Gasteiger partial charge in [0.2, 0.25) is 0 Å². The second kappa shape index (κ2) is 6.22. The molecular weight excluding hydrogens is 328 g/mol. The first-order valence-electron chi connectivity index (χ1n) is 5.63. The van der Waals surface area contributed by atoms with E-state index in [0.29, 0.717) is 0 Å². The Morgan fingerprint density at radius 3 is 1.46 bits per heavy atom. The molecule has 0 N–H and O–H groups in total. The maximum absolute atomic E-state index is 2.59. The molecule has 2 unspecified atom stereocenters. The van der Waals surface area contributed by atoms with Crippen molar-refractivity contribution in [2.75, 3.05) is 0 Å². The summed E-state index contributed by atoms with van der Waals surface area (Å²) in [5.74, 6) is 1.91. The van der Waals surface area contributed by atoms with E-state index in [1.807, 2.05) is 0 Å². The van der Waals surface area contributed by atoms with Gasteiger partial charge in [-0.05, 0) is 0 Å². The van der Waals surface area contributed by atoms with E-state index in [-0.39, 0.29) is 21.1 Å². The van der Waals surface area contributed by atoms with Gasteiger partial charge in [-0.15, -0.1) is 0 Å². The normalized spacial score (nSPS) is 35.1. The molecule has 0 aromatic carbocycles. The third-order valence-corrected chi connectivity index (χ3v) is 3.47. The summed E-state index contributed by atoms with van der Waals surface area (Å²) < 4.78 is 0. The minimum absolute atomic E-state index is 0. The van der Waals surface area contributed by atoms with Crippen LogP contribution in [0.2, 0.25) is 0 Å². The van der Waals surface area contributed by atoms with Gasteiger partial charge < -0.3 is 12.8 Å². The molecule has 2 rings (SSSR count). The van der Waals surface area contributed by atoms with Gasteiger partial charge in [-0.3, -0.25) is 0 Å². The van der Waals surface area contributed by atoms with Gasteiger partial charge in [0.15, 0.2) is 0 Å². The summed E-state index contributed by atoms with van der Waals surface area (Å²) in [6, 6.07) is 0. The fraction of sp³-hybridized carbons (Fsp3) is 0.833. The molecule has 0 saturated heterocycles. The molecule has 2 aliphatic carbocycles. The van der Waals surface area contributed by atoms with E-state index < -0.39 is 0 Å². The Morgan fingerprint density at radius 2 is 1.15 bits per heavy atom. The van der Waals surface area contributed by atoms with Crippen molar-refractivity contribution in [1.82, 2.24) is 0 Å². The van der Waals surface area contributed by atoms with Crippen molar-refractivity contribution in [1.29, 1.82) is 0 Å². The second-order valence-electron chi connectivity index (χ2n) is 4.37. The molecule has 0 aromatic heterocycles. The molecule has 0 heterocycles. The van der Waals surface area contributed by atoms with E-state index in [1.54, 1.807) is 0 Å². The zero-order valence-corrected chi connectivity index (χ0v) is 11.3. The zero-order chi connectivity index (χ0) is 8.23. The summed E-state index contributed by atoms with van der Waals surface area (Å²) in [5, 5.41) is 0. The smallest absolute Gasteiger partial charge is 0.328 e.